The van der Waals surface area contributed by atoms with Crippen LogP contribution in [0.5, 0.6) is 0 Å². The molecule has 3 N–H and O–H groups in total. The summed E-state index contributed by atoms with van der Waals surface area (Å²) in [5.41, 5.74) is 6.19. The first kappa shape index (κ1) is 15.5. The largest absolute Gasteiger partial charge is 0.478 e. The quantitative estimate of drug-likeness (QED) is 0.837. The van der Waals surface area contributed by atoms with E-state index in [0.29, 0.717) is 16.9 Å². The van der Waals surface area contributed by atoms with E-state index in [1.807, 2.05) is 18.7 Å². The molecule has 0 bridgehead atoms. The van der Waals surface area contributed by atoms with Crippen LogP contribution in [0, 0.1) is 5.92 Å². The minimum Gasteiger partial charge on any atom is -0.478 e. The highest BCUT2D eigenvalue weighted by molar-refractivity contribution is 9.10. The van der Waals surface area contributed by atoms with Crippen LogP contribution < -0.4 is 10.6 Å². The van der Waals surface area contributed by atoms with Gasteiger partial charge in [0.25, 0.3) is 0 Å². The number of aromatic carboxylic acids is 1. The fourth-order valence-corrected chi connectivity index (χ4v) is 2.30. The van der Waals surface area contributed by atoms with Crippen LogP contribution in [0.15, 0.2) is 22.7 Å². The van der Waals surface area contributed by atoms with Crippen molar-refractivity contribution in [3.8, 4) is 0 Å². The molecule has 0 saturated carbocycles. The Balaban J connectivity index is 3.05. The Kier molecular flexibility index (Phi) is 5.35. The second kappa shape index (κ2) is 6.56. The summed E-state index contributed by atoms with van der Waals surface area (Å²) in [5, 5.41) is 8.97. The number of anilines is 1. The van der Waals surface area contributed by atoms with Gasteiger partial charge in [0.2, 0.25) is 5.91 Å². The zero-order valence-electron chi connectivity index (χ0n) is 10.9. The van der Waals surface area contributed by atoms with Crippen LogP contribution in [-0.2, 0) is 4.79 Å². The van der Waals surface area contributed by atoms with E-state index in [2.05, 4.69) is 15.9 Å². The van der Waals surface area contributed by atoms with Crippen molar-refractivity contribution in [3.63, 3.8) is 0 Å². The molecule has 0 heterocycles. The highest BCUT2D eigenvalue weighted by atomic mass is 79.9. The van der Waals surface area contributed by atoms with Gasteiger partial charge in [0, 0.05) is 16.7 Å². The first-order chi connectivity index (χ1) is 8.81. The Morgan fingerprint density at radius 2 is 2.05 bits per heavy atom. The molecular formula is C13H17BrN2O3. The Bertz CT molecular complexity index is 489. The molecule has 1 aromatic carbocycles. The molecule has 0 unspecified atom stereocenters. The van der Waals surface area contributed by atoms with Crippen molar-refractivity contribution in [3.05, 3.63) is 28.2 Å². The summed E-state index contributed by atoms with van der Waals surface area (Å²) in [6, 6.07) is 4.88. The number of amides is 1. The summed E-state index contributed by atoms with van der Waals surface area (Å²) in [6.07, 6.45) is 0. The van der Waals surface area contributed by atoms with Crippen LogP contribution in [0.3, 0.4) is 0 Å². The Morgan fingerprint density at radius 1 is 1.42 bits per heavy atom. The molecule has 1 amide bonds. The zero-order chi connectivity index (χ0) is 14.6. The normalized spacial score (nSPS) is 10.5. The highest BCUT2D eigenvalue weighted by Gasteiger charge is 2.14. The maximum Gasteiger partial charge on any atom is 0.336 e. The van der Waals surface area contributed by atoms with Crippen molar-refractivity contribution in [1.29, 1.82) is 0 Å². The molecule has 0 aliphatic carbocycles. The van der Waals surface area contributed by atoms with E-state index in [1.54, 1.807) is 12.1 Å². The fourth-order valence-electron chi connectivity index (χ4n) is 1.76. The van der Waals surface area contributed by atoms with Gasteiger partial charge < -0.3 is 15.7 Å². The van der Waals surface area contributed by atoms with Gasteiger partial charge in [0.15, 0.2) is 0 Å². The number of hydrogen-bond acceptors (Lipinski definition) is 3. The molecule has 104 valence electrons. The summed E-state index contributed by atoms with van der Waals surface area (Å²) in [7, 11) is 0. The summed E-state index contributed by atoms with van der Waals surface area (Å²) in [4.78, 5) is 23.9. The number of nitrogens with zero attached hydrogens (tertiary/aromatic N) is 1. The number of carbonyl (C=O) groups is 2. The van der Waals surface area contributed by atoms with Crippen LogP contribution in [0.1, 0.15) is 24.2 Å². The smallest absolute Gasteiger partial charge is 0.336 e. The van der Waals surface area contributed by atoms with Crippen LogP contribution in [0.4, 0.5) is 5.69 Å². The van der Waals surface area contributed by atoms with Crippen molar-refractivity contribution < 1.29 is 14.7 Å². The Morgan fingerprint density at radius 3 is 2.47 bits per heavy atom. The average molecular weight is 329 g/mol. The first-order valence-corrected chi connectivity index (χ1v) is 6.66. The van der Waals surface area contributed by atoms with Gasteiger partial charge in [-0.1, -0.05) is 13.8 Å². The number of carboxylic acid groups (broad SMARTS) is 1. The summed E-state index contributed by atoms with van der Waals surface area (Å²) in [6.45, 7) is 4.85. The van der Waals surface area contributed by atoms with E-state index in [9.17, 15) is 9.59 Å². The molecule has 5 nitrogen and oxygen atoms in total. The second-order valence-electron chi connectivity index (χ2n) is 4.71. The average Bonchev–Trinajstić information content (AvgIpc) is 2.26. The van der Waals surface area contributed by atoms with Gasteiger partial charge in [-0.15, -0.1) is 0 Å². The minimum absolute atomic E-state index is 0.108. The first-order valence-electron chi connectivity index (χ1n) is 5.87. The van der Waals surface area contributed by atoms with Crippen LogP contribution in [-0.4, -0.2) is 30.1 Å². The third kappa shape index (κ3) is 4.55. The van der Waals surface area contributed by atoms with Crippen molar-refractivity contribution in [2.75, 3.05) is 18.0 Å². The van der Waals surface area contributed by atoms with Crippen molar-refractivity contribution >= 4 is 33.5 Å². The van der Waals surface area contributed by atoms with E-state index < -0.39 is 11.9 Å². The molecule has 0 aromatic heterocycles. The predicted octanol–water partition coefficient (Wildman–Crippen LogP) is 2.09. The van der Waals surface area contributed by atoms with Gasteiger partial charge in [-0.25, -0.2) is 4.79 Å². The Hall–Kier alpha value is -1.56. The SMILES string of the molecule is CC(C)CN(CC(N)=O)c1ccc(C(=O)O)c(Br)c1. The van der Waals surface area contributed by atoms with Gasteiger partial charge in [0.1, 0.15) is 0 Å². The number of carboxylic acids is 1. The van der Waals surface area contributed by atoms with Gasteiger partial charge in [-0.2, -0.15) is 0 Å². The summed E-state index contributed by atoms with van der Waals surface area (Å²) in [5.74, 6) is -1.06. The molecule has 1 aromatic rings. The van der Waals surface area contributed by atoms with Crippen molar-refractivity contribution in [1.82, 2.24) is 0 Å². The monoisotopic (exact) mass is 328 g/mol. The number of hydrogen-bond donors (Lipinski definition) is 2. The van der Waals surface area contributed by atoms with Gasteiger partial charge in [-0.3, -0.25) is 4.79 Å². The molecular weight excluding hydrogens is 312 g/mol. The zero-order valence-corrected chi connectivity index (χ0v) is 12.5. The lowest BCUT2D eigenvalue weighted by molar-refractivity contribution is -0.116. The van der Waals surface area contributed by atoms with E-state index in [1.165, 1.54) is 6.07 Å². The molecule has 19 heavy (non-hydrogen) atoms. The van der Waals surface area contributed by atoms with Crippen LogP contribution >= 0.6 is 15.9 Å². The van der Waals surface area contributed by atoms with E-state index >= 15 is 0 Å². The molecule has 1 rings (SSSR count). The van der Waals surface area contributed by atoms with E-state index in [0.717, 1.165) is 5.69 Å². The van der Waals surface area contributed by atoms with Crippen LogP contribution in [0.25, 0.3) is 0 Å². The van der Waals surface area contributed by atoms with Gasteiger partial charge >= 0.3 is 5.97 Å². The number of primary amides is 1. The fraction of sp³-hybridized carbons (Fsp3) is 0.385. The number of nitrogens with two attached hydrogens (primary N) is 1. The molecule has 0 saturated heterocycles. The topological polar surface area (TPSA) is 83.6 Å². The lowest BCUT2D eigenvalue weighted by Gasteiger charge is -2.25. The van der Waals surface area contributed by atoms with E-state index in [4.69, 9.17) is 10.8 Å². The third-order valence-electron chi connectivity index (χ3n) is 2.48. The highest BCUT2D eigenvalue weighted by Crippen LogP contribution is 2.24. The molecule has 0 aliphatic rings. The molecule has 0 aliphatic heterocycles. The molecule has 6 heteroatoms. The molecule has 0 spiro atoms. The molecule has 0 radical (unpaired) electrons. The number of carbonyl (C=O) groups excluding carboxylic acids is 1. The number of halogens is 1. The summed E-state index contributed by atoms with van der Waals surface area (Å²) >= 11 is 3.22. The predicted molar refractivity (Wildman–Crippen MR) is 77.3 cm³/mol. The van der Waals surface area contributed by atoms with E-state index in [-0.39, 0.29) is 12.1 Å². The number of benzene rings is 1. The van der Waals surface area contributed by atoms with Crippen molar-refractivity contribution in [2.45, 2.75) is 13.8 Å². The maximum absolute atomic E-state index is 11.1. The lowest BCUT2D eigenvalue weighted by Crippen LogP contribution is -2.36. The Labute approximate surface area is 120 Å². The van der Waals surface area contributed by atoms with Crippen LogP contribution in [0.2, 0.25) is 0 Å². The minimum atomic E-state index is -0.997. The summed E-state index contributed by atoms with van der Waals surface area (Å²) < 4.78 is 0.482. The maximum atomic E-state index is 11.1. The molecule has 0 atom stereocenters. The van der Waals surface area contributed by atoms with Gasteiger partial charge in [-0.05, 0) is 40.0 Å². The number of rotatable bonds is 6. The lowest BCUT2D eigenvalue weighted by atomic mass is 10.1. The molecule has 0 fully saturated rings. The van der Waals surface area contributed by atoms with Crippen molar-refractivity contribution in [2.24, 2.45) is 11.7 Å². The standard InChI is InChI=1S/C13H17BrN2O3/c1-8(2)6-16(7-12(15)17)9-3-4-10(13(18)19)11(14)5-9/h3-5,8H,6-7H2,1-2H3,(H2,15,17)(H,18,19). The second-order valence-corrected chi connectivity index (χ2v) is 5.56. The van der Waals surface area contributed by atoms with Gasteiger partial charge in [0.05, 0.1) is 12.1 Å². The third-order valence-corrected chi connectivity index (χ3v) is 3.14.